The molecule has 120 valence electrons. The Bertz CT molecular complexity index is 518. The molecule has 0 bridgehead atoms. The molecule has 0 aliphatic heterocycles. The number of benzene rings is 1. The van der Waals surface area contributed by atoms with Crippen molar-refractivity contribution in [1.29, 1.82) is 0 Å². The van der Waals surface area contributed by atoms with Crippen molar-refractivity contribution < 1.29 is 26.5 Å². The van der Waals surface area contributed by atoms with Gasteiger partial charge in [0.15, 0.2) is 6.04 Å². The number of alkyl halides is 3. The minimum absolute atomic E-state index is 0.626. The summed E-state index contributed by atoms with van der Waals surface area (Å²) in [5.74, 6) is -2.95. The maximum Gasteiger partial charge on any atom is 0.412 e. The van der Waals surface area contributed by atoms with Crippen LogP contribution >= 0.6 is 11.6 Å². The van der Waals surface area contributed by atoms with Gasteiger partial charge < -0.3 is 4.55 Å². The van der Waals surface area contributed by atoms with Gasteiger partial charge in [0.25, 0.3) is 0 Å². The van der Waals surface area contributed by atoms with Crippen LogP contribution in [0.2, 0.25) is 5.02 Å². The Hall–Kier alpha value is -0.570. The first kappa shape index (κ1) is 18.5. The van der Waals surface area contributed by atoms with Gasteiger partial charge in [-0.2, -0.15) is 13.2 Å². The van der Waals surface area contributed by atoms with Gasteiger partial charge in [0, 0.05) is 11.4 Å². The van der Waals surface area contributed by atoms with Crippen LogP contribution in [0.15, 0.2) is 12.1 Å². The molecule has 0 aliphatic rings. The largest absolute Gasteiger partial charge is 0.598 e. The van der Waals surface area contributed by atoms with Crippen LogP contribution in [0.4, 0.5) is 22.0 Å². The van der Waals surface area contributed by atoms with Crippen molar-refractivity contribution >= 4 is 23.0 Å². The van der Waals surface area contributed by atoms with Gasteiger partial charge in [-0.15, -0.1) is 4.72 Å². The molecule has 0 aromatic heterocycles. The van der Waals surface area contributed by atoms with Crippen LogP contribution in [-0.4, -0.2) is 15.5 Å². The van der Waals surface area contributed by atoms with Gasteiger partial charge in [-0.05, 0) is 32.9 Å². The Morgan fingerprint density at radius 1 is 1.19 bits per heavy atom. The molecule has 0 aliphatic carbocycles. The summed E-state index contributed by atoms with van der Waals surface area (Å²) < 4.78 is 79.1. The van der Waals surface area contributed by atoms with Gasteiger partial charge in [0.05, 0.1) is 10.6 Å². The van der Waals surface area contributed by atoms with Gasteiger partial charge in [-0.25, -0.2) is 8.78 Å². The lowest BCUT2D eigenvalue weighted by atomic mass is 10.1. The third-order valence-corrected chi connectivity index (χ3v) is 4.33. The standard InChI is InChI=1S/C12H13ClF5NOS/c1-11(2,3)21(20)19-10(12(16,17)18)8-7(14)5-4-6(13)9(8)15/h4-5,10,19H,1-3H3. The van der Waals surface area contributed by atoms with Gasteiger partial charge in [-0.3, -0.25) is 0 Å². The van der Waals surface area contributed by atoms with E-state index >= 15 is 0 Å². The van der Waals surface area contributed by atoms with Gasteiger partial charge >= 0.3 is 6.18 Å². The van der Waals surface area contributed by atoms with E-state index in [1.54, 1.807) is 4.72 Å². The lowest BCUT2D eigenvalue weighted by molar-refractivity contribution is -0.154. The van der Waals surface area contributed by atoms with Crippen LogP contribution < -0.4 is 4.72 Å². The molecule has 2 atom stereocenters. The van der Waals surface area contributed by atoms with Crippen molar-refractivity contribution in [3.63, 3.8) is 0 Å². The smallest absolute Gasteiger partial charge is 0.412 e. The number of halogens is 6. The molecule has 1 aromatic carbocycles. The van der Waals surface area contributed by atoms with Crippen LogP contribution in [0.5, 0.6) is 0 Å². The highest BCUT2D eigenvalue weighted by atomic mass is 35.5. The van der Waals surface area contributed by atoms with Crippen molar-refractivity contribution in [1.82, 2.24) is 4.72 Å². The van der Waals surface area contributed by atoms with E-state index in [9.17, 15) is 26.5 Å². The van der Waals surface area contributed by atoms with Gasteiger partial charge in [-0.1, -0.05) is 11.6 Å². The summed E-state index contributed by atoms with van der Waals surface area (Å²) in [6.45, 7) is 4.27. The number of hydrogen-bond donors (Lipinski definition) is 1. The second-order valence-electron chi connectivity index (χ2n) is 5.23. The van der Waals surface area contributed by atoms with E-state index in [1.807, 2.05) is 0 Å². The minimum Gasteiger partial charge on any atom is -0.598 e. The van der Waals surface area contributed by atoms with E-state index < -0.39 is 50.5 Å². The number of hydrogen-bond acceptors (Lipinski definition) is 2. The lowest BCUT2D eigenvalue weighted by Gasteiger charge is -2.29. The third-order valence-electron chi connectivity index (χ3n) is 2.48. The SMILES string of the molecule is CC(C)(C)[S+]([O-])NC(c1c(F)ccc(Cl)c1F)C(F)(F)F. The van der Waals surface area contributed by atoms with Crippen LogP contribution in [-0.2, 0) is 11.4 Å². The molecule has 0 amide bonds. The first-order valence-corrected chi connectivity index (χ1v) is 7.26. The zero-order valence-electron chi connectivity index (χ0n) is 11.3. The van der Waals surface area contributed by atoms with Crippen molar-refractivity contribution in [2.75, 3.05) is 0 Å². The van der Waals surface area contributed by atoms with Crippen molar-refractivity contribution in [2.24, 2.45) is 0 Å². The molecule has 0 radical (unpaired) electrons. The van der Waals surface area contributed by atoms with Crippen LogP contribution in [0, 0.1) is 11.6 Å². The molecule has 9 heteroatoms. The zero-order valence-corrected chi connectivity index (χ0v) is 12.9. The highest BCUT2D eigenvalue weighted by molar-refractivity contribution is 7.90. The summed E-state index contributed by atoms with van der Waals surface area (Å²) >= 11 is 3.21. The molecular weight excluding hydrogens is 337 g/mol. The fourth-order valence-electron chi connectivity index (χ4n) is 1.38. The molecule has 1 aromatic rings. The maximum absolute atomic E-state index is 13.8. The van der Waals surface area contributed by atoms with Crippen molar-refractivity contribution in [2.45, 2.75) is 37.7 Å². The molecule has 21 heavy (non-hydrogen) atoms. The lowest BCUT2D eigenvalue weighted by Crippen LogP contribution is -2.46. The summed E-state index contributed by atoms with van der Waals surface area (Å²) in [4.78, 5) is 0. The van der Waals surface area contributed by atoms with Crippen molar-refractivity contribution in [3.05, 3.63) is 34.4 Å². The Morgan fingerprint density at radius 3 is 2.14 bits per heavy atom. The van der Waals surface area contributed by atoms with Gasteiger partial charge in [0.1, 0.15) is 16.4 Å². The second kappa shape index (κ2) is 6.28. The van der Waals surface area contributed by atoms with Crippen LogP contribution in [0.25, 0.3) is 0 Å². The molecule has 1 rings (SSSR count). The number of rotatable bonds is 3. The summed E-state index contributed by atoms with van der Waals surface area (Å²) in [5.41, 5.74) is -1.30. The summed E-state index contributed by atoms with van der Waals surface area (Å²) in [6.07, 6.45) is -5.05. The summed E-state index contributed by atoms with van der Waals surface area (Å²) in [6, 6.07) is -1.33. The average Bonchev–Trinajstić information content (AvgIpc) is 2.30. The molecule has 2 unspecified atom stereocenters. The predicted octanol–water partition coefficient (Wildman–Crippen LogP) is 4.27. The molecule has 0 heterocycles. The third kappa shape index (κ3) is 4.45. The highest BCUT2D eigenvalue weighted by Crippen LogP contribution is 2.38. The molecule has 0 saturated carbocycles. The van der Waals surface area contributed by atoms with E-state index in [4.69, 9.17) is 11.6 Å². The zero-order chi connectivity index (χ0) is 16.6. The minimum atomic E-state index is -5.05. The number of nitrogens with one attached hydrogen (secondary N) is 1. The Morgan fingerprint density at radius 2 is 1.71 bits per heavy atom. The molecule has 2 nitrogen and oxygen atoms in total. The first-order chi connectivity index (χ1) is 9.35. The normalized spacial score (nSPS) is 15.9. The predicted molar refractivity (Wildman–Crippen MR) is 71.2 cm³/mol. The van der Waals surface area contributed by atoms with E-state index in [0.717, 1.165) is 6.07 Å². The average molecular weight is 350 g/mol. The van der Waals surface area contributed by atoms with E-state index in [1.165, 1.54) is 20.8 Å². The topological polar surface area (TPSA) is 35.1 Å². The monoisotopic (exact) mass is 349 g/mol. The molecule has 0 fully saturated rings. The van der Waals surface area contributed by atoms with Crippen molar-refractivity contribution in [3.8, 4) is 0 Å². The van der Waals surface area contributed by atoms with E-state index in [-0.39, 0.29) is 0 Å². The maximum atomic E-state index is 13.8. The second-order valence-corrected chi connectivity index (χ2v) is 7.64. The van der Waals surface area contributed by atoms with Gasteiger partial charge in [0.2, 0.25) is 0 Å². The highest BCUT2D eigenvalue weighted by Gasteiger charge is 2.48. The van der Waals surface area contributed by atoms with E-state index in [2.05, 4.69) is 0 Å². The molecule has 0 saturated heterocycles. The fraction of sp³-hybridized carbons (Fsp3) is 0.500. The fourth-order valence-corrected chi connectivity index (χ4v) is 2.36. The quantitative estimate of drug-likeness (QED) is 0.502. The Labute approximate surface area is 127 Å². The summed E-state index contributed by atoms with van der Waals surface area (Å²) in [7, 11) is 0. The first-order valence-electron chi connectivity index (χ1n) is 5.74. The van der Waals surface area contributed by atoms with E-state index in [0.29, 0.717) is 6.07 Å². The molecular formula is C12H13ClF5NOS. The Kier molecular flexibility index (Phi) is 5.52. The van der Waals surface area contributed by atoms with Crippen LogP contribution in [0.1, 0.15) is 32.4 Å². The van der Waals surface area contributed by atoms with Crippen LogP contribution in [0.3, 0.4) is 0 Å². The Balaban J connectivity index is 3.32. The molecule has 1 N–H and O–H groups in total. The summed E-state index contributed by atoms with van der Waals surface area (Å²) in [5, 5.41) is -0.649. The molecule has 0 spiro atoms.